The molecule has 2 aliphatic heterocycles. The van der Waals surface area contributed by atoms with Gasteiger partial charge in [0.05, 0.1) is 13.2 Å². The Labute approximate surface area is 256 Å². The van der Waals surface area contributed by atoms with Crippen LogP contribution in [0, 0.1) is 0 Å². The summed E-state index contributed by atoms with van der Waals surface area (Å²) < 4.78 is 11.7. The first-order chi connectivity index (χ1) is 20.9. The first-order valence-electron chi connectivity index (χ1n) is 15.8. The minimum absolute atomic E-state index is 0.0497. The van der Waals surface area contributed by atoms with Crippen LogP contribution in [0.2, 0.25) is 0 Å². The topological polar surface area (TPSA) is 47.6 Å². The number of hydrogen-bond acceptors (Lipinski definition) is 3. The number of para-hydroxylation sites is 1. The second-order valence-electron chi connectivity index (χ2n) is 13.0. The second-order valence-corrected chi connectivity index (χ2v) is 13.0. The molecule has 0 spiro atoms. The van der Waals surface area contributed by atoms with Crippen LogP contribution in [-0.2, 0) is 23.7 Å². The highest BCUT2D eigenvalue weighted by Gasteiger charge is 2.37. The highest BCUT2D eigenvalue weighted by Crippen LogP contribution is 2.42. The summed E-state index contributed by atoms with van der Waals surface area (Å²) in [6.45, 7) is 5.95. The van der Waals surface area contributed by atoms with Gasteiger partial charge in [0.25, 0.3) is 5.91 Å². The lowest BCUT2D eigenvalue weighted by Gasteiger charge is -2.24. The van der Waals surface area contributed by atoms with Crippen LogP contribution in [0.5, 0.6) is 11.5 Å². The minimum atomic E-state index is -0.0994. The highest BCUT2D eigenvalue weighted by atomic mass is 16.5. The zero-order chi connectivity index (χ0) is 29.7. The van der Waals surface area contributed by atoms with Gasteiger partial charge in [-0.2, -0.15) is 0 Å². The summed E-state index contributed by atoms with van der Waals surface area (Å²) in [5.41, 5.74) is 5.91. The normalized spacial score (nSPS) is 22.3. The summed E-state index contributed by atoms with van der Waals surface area (Å²) in [5, 5.41) is 3.22. The van der Waals surface area contributed by atoms with Crippen molar-refractivity contribution in [3.8, 4) is 11.5 Å². The van der Waals surface area contributed by atoms with Crippen LogP contribution in [0.15, 0.2) is 103 Å². The Bertz CT molecular complexity index is 1530. The van der Waals surface area contributed by atoms with Gasteiger partial charge in [-0.1, -0.05) is 112 Å². The van der Waals surface area contributed by atoms with E-state index in [0.717, 1.165) is 54.9 Å². The molecule has 0 saturated heterocycles. The number of fused-ring (bicyclic) bond motifs is 2. The van der Waals surface area contributed by atoms with Crippen molar-refractivity contribution in [2.75, 3.05) is 13.2 Å². The van der Waals surface area contributed by atoms with Crippen molar-refractivity contribution in [1.29, 1.82) is 0 Å². The molecule has 4 aromatic rings. The van der Waals surface area contributed by atoms with Crippen LogP contribution >= 0.6 is 0 Å². The van der Waals surface area contributed by atoms with E-state index in [2.05, 4.69) is 92.0 Å². The van der Waals surface area contributed by atoms with Gasteiger partial charge in [-0.15, -0.1) is 0 Å². The molecule has 4 heteroatoms. The van der Waals surface area contributed by atoms with E-state index in [0.29, 0.717) is 12.6 Å². The highest BCUT2D eigenvalue weighted by molar-refractivity contribution is 5.95. The predicted molar refractivity (Wildman–Crippen MR) is 173 cm³/mol. The number of rotatable bonds is 6. The fourth-order valence-electron chi connectivity index (χ4n) is 6.89. The number of amides is 1. The minimum Gasteiger partial charge on any atom is -0.492 e. The summed E-state index contributed by atoms with van der Waals surface area (Å²) in [6.07, 6.45) is 7.88. The summed E-state index contributed by atoms with van der Waals surface area (Å²) in [4.78, 5) is 12.7. The van der Waals surface area contributed by atoms with Gasteiger partial charge in [-0.05, 0) is 61.1 Å². The molecule has 4 nitrogen and oxygen atoms in total. The van der Waals surface area contributed by atoms with Gasteiger partial charge in [0.2, 0.25) is 0 Å². The van der Waals surface area contributed by atoms with E-state index in [1.54, 1.807) is 0 Å². The standard InChI is InChI=1S/C23H27NO2.C16H16O/c1-23(15-17-8-4-2-5-9-17)16-26-21-13-12-18(14-20(21)23)22(25)24-19-10-6-3-7-11-19;1-16(11-13-7-3-2-4-8-13)12-17-15-10-6-5-9-14(15)16/h2,4-5,8-9,12-14,19H,3,6-7,10-11,15-16H2,1H3,(H,24,25);2-10H,11-12H2,1H3. The molecule has 0 radical (unpaired) electrons. The maximum atomic E-state index is 12.7. The van der Waals surface area contributed by atoms with E-state index >= 15 is 0 Å². The molecule has 1 N–H and O–H groups in total. The van der Waals surface area contributed by atoms with Crippen molar-refractivity contribution < 1.29 is 14.3 Å². The largest absolute Gasteiger partial charge is 0.492 e. The maximum absolute atomic E-state index is 12.7. The van der Waals surface area contributed by atoms with Gasteiger partial charge >= 0.3 is 0 Å². The molecule has 4 aromatic carbocycles. The van der Waals surface area contributed by atoms with Gasteiger partial charge in [0.1, 0.15) is 11.5 Å². The van der Waals surface area contributed by atoms with E-state index in [4.69, 9.17) is 9.47 Å². The second kappa shape index (κ2) is 12.7. The molecule has 7 rings (SSSR count). The molecule has 2 heterocycles. The summed E-state index contributed by atoms with van der Waals surface area (Å²) in [6, 6.07) is 35.7. The van der Waals surface area contributed by atoms with Crippen LogP contribution < -0.4 is 14.8 Å². The average Bonchev–Trinajstić information content (AvgIpc) is 3.55. The first kappa shape index (κ1) is 29.0. The Hall–Kier alpha value is -4.05. The number of benzene rings is 4. The molecule has 1 saturated carbocycles. The fourth-order valence-corrected chi connectivity index (χ4v) is 6.89. The molecule has 2 unspecified atom stereocenters. The van der Waals surface area contributed by atoms with Gasteiger partial charge in [-0.25, -0.2) is 0 Å². The molecule has 43 heavy (non-hydrogen) atoms. The van der Waals surface area contributed by atoms with Crippen molar-refractivity contribution in [1.82, 2.24) is 5.32 Å². The van der Waals surface area contributed by atoms with E-state index in [1.165, 1.54) is 36.0 Å². The van der Waals surface area contributed by atoms with Crippen LogP contribution in [0.25, 0.3) is 0 Å². The average molecular weight is 574 g/mol. The van der Waals surface area contributed by atoms with Crippen LogP contribution in [0.3, 0.4) is 0 Å². The molecule has 2 atom stereocenters. The Kier molecular flexibility index (Phi) is 8.56. The third-order valence-electron chi connectivity index (χ3n) is 9.34. The Balaban J connectivity index is 0.000000167. The van der Waals surface area contributed by atoms with E-state index in [-0.39, 0.29) is 16.7 Å². The quantitative estimate of drug-likeness (QED) is 0.253. The number of carbonyl (C=O) groups is 1. The third kappa shape index (κ3) is 6.64. The van der Waals surface area contributed by atoms with Crippen molar-refractivity contribution in [2.24, 2.45) is 0 Å². The zero-order valence-electron chi connectivity index (χ0n) is 25.5. The molecule has 222 valence electrons. The Morgan fingerprint density at radius 1 is 0.674 bits per heavy atom. The lowest BCUT2D eigenvalue weighted by atomic mass is 9.78. The summed E-state index contributed by atoms with van der Waals surface area (Å²) >= 11 is 0. The molecule has 0 aromatic heterocycles. The van der Waals surface area contributed by atoms with Crippen molar-refractivity contribution in [3.63, 3.8) is 0 Å². The number of ether oxygens (including phenoxy) is 2. The van der Waals surface area contributed by atoms with Gasteiger partial charge < -0.3 is 14.8 Å². The van der Waals surface area contributed by atoms with Gasteiger partial charge in [0.15, 0.2) is 0 Å². The monoisotopic (exact) mass is 573 g/mol. The Morgan fingerprint density at radius 2 is 1.21 bits per heavy atom. The molecule has 1 fully saturated rings. The third-order valence-corrected chi connectivity index (χ3v) is 9.34. The van der Waals surface area contributed by atoms with E-state index in [9.17, 15) is 4.79 Å². The summed E-state index contributed by atoms with van der Waals surface area (Å²) in [7, 11) is 0. The van der Waals surface area contributed by atoms with Crippen molar-refractivity contribution >= 4 is 5.91 Å². The van der Waals surface area contributed by atoms with Crippen molar-refractivity contribution in [3.05, 3.63) is 131 Å². The zero-order valence-corrected chi connectivity index (χ0v) is 25.5. The van der Waals surface area contributed by atoms with Gasteiger partial charge in [0, 0.05) is 33.6 Å². The van der Waals surface area contributed by atoms with Crippen LogP contribution in [0.1, 0.15) is 78.6 Å². The SMILES string of the molecule is CC1(Cc2ccccc2)COc2ccc(C(=O)NC3CCCCC3)cc21.CC1(Cc2ccccc2)COc2ccccc21. The molecular formula is C39H43NO3. The van der Waals surface area contributed by atoms with Crippen molar-refractivity contribution in [2.45, 2.75) is 75.7 Å². The lowest BCUT2D eigenvalue weighted by molar-refractivity contribution is 0.0927. The van der Waals surface area contributed by atoms with Gasteiger partial charge in [-0.3, -0.25) is 4.79 Å². The molecule has 1 aliphatic carbocycles. The number of carbonyl (C=O) groups excluding carboxylic acids is 1. The molecule has 3 aliphatic rings. The molecule has 0 bridgehead atoms. The predicted octanol–water partition coefficient (Wildman–Crippen LogP) is 8.22. The molecule has 1 amide bonds. The van der Waals surface area contributed by atoms with E-state index in [1.807, 2.05) is 30.3 Å². The maximum Gasteiger partial charge on any atom is 0.251 e. The number of hydrogen-bond donors (Lipinski definition) is 1. The lowest BCUT2D eigenvalue weighted by Crippen LogP contribution is -2.36. The first-order valence-corrected chi connectivity index (χ1v) is 15.8. The molecular weight excluding hydrogens is 530 g/mol. The number of nitrogens with one attached hydrogen (secondary N) is 1. The van der Waals surface area contributed by atoms with Crippen LogP contribution in [0.4, 0.5) is 0 Å². The van der Waals surface area contributed by atoms with Crippen LogP contribution in [-0.4, -0.2) is 25.2 Å². The Morgan fingerprint density at radius 3 is 1.84 bits per heavy atom. The fraction of sp³-hybridized carbons (Fsp3) is 0.359. The smallest absolute Gasteiger partial charge is 0.251 e. The summed E-state index contributed by atoms with van der Waals surface area (Å²) in [5.74, 6) is 2.01. The van der Waals surface area contributed by atoms with E-state index < -0.39 is 0 Å².